The minimum Gasteiger partial charge on any atom is -0.356 e. The number of pyridine rings is 2. The second-order valence-electron chi connectivity index (χ2n) is 8.68. The minimum atomic E-state index is -4.24. The van der Waals surface area contributed by atoms with Gasteiger partial charge < -0.3 is 4.90 Å². The molecule has 3 unspecified atom stereocenters. The third-order valence-electron chi connectivity index (χ3n) is 6.72. The van der Waals surface area contributed by atoms with Crippen LogP contribution in [0.2, 0.25) is 0 Å². The van der Waals surface area contributed by atoms with Crippen LogP contribution in [0.4, 0.5) is 39.8 Å². The first kappa shape index (κ1) is 21.0. The zero-order valence-corrected chi connectivity index (χ0v) is 17.3. The van der Waals surface area contributed by atoms with Gasteiger partial charge in [0, 0.05) is 30.6 Å². The molecule has 1 N–H and O–H groups in total. The highest BCUT2D eigenvalue weighted by Crippen LogP contribution is 2.49. The molecule has 6 nitrogen and oxygen atoms in total. The Bertz CT molecular complexity index is 1010. The van der Waals surface area contributed by atoms with Crippen LogP contribution in [0.25, 0.3) is 0 Å². The normalized spacial score (nSPS) is 24.9. The van der Waals surface area contributed by atoms with E-state index in [9.17, 15) is 22.4 Å². The molecule has 1 aliphatic carbocycles. The zero-order chi connectivity index (χ0) is 22.5. The molecule has 2 fully saturated rings. The number of anilines is 3. The monoisotopic (exact) mass is 449 g/mol. The van der Waals surface area contributed by atoms with Crippen LogP contribution < -0.4 is 15.1 Å². The molecule has 10 heteroatoms. The zero-order valence-electron chi connectivity index (χ0n) is 17.3. The molecular formula is C22H23F4N5O. The average molecular weight is 449 g/mol. The summed E-state index contributed by atoms with van der Waals surface area (Å²) in [5.74, 6) is -0.561. The standard InChI is InChI=1S/C22H23F4N5O/c23-14-6-8-18(27-11-14)28-21(32)31-17-5-1-4-15(17)16-7-9-19(29-20(16)31)30-10-2-3-13(12-30)22(24,25)26/h6-9,11,13,15,17H,1-5,10,12H2,(H,27,28,32). The number of fused-ring (bicyclic) bond motifs is 3. The van der Waals surface area contributed by atoms with Gasteiger partial charge in [-0.2, -0.15) is 13.2 Å². The summed E-state index contributed by atoms with van der Waals surface area (Å²) in [5, 5.41) is 2.70. The number of amides is 2. The first-order chi connectivity index (χ1) is 15.3. The molecular weight excluding hydrogens is 426 g/mol. The lowest BCUT2D eigenvalue weighted by Gasteiger charge is -2.35. The van der Waals surface area contributed by atoms with E-state index in [-0.39, 0.29) is 30.7 Å². The van der Waals surface area contributed by atoms with Gasteiger partial charge in [0.2, 0.25) is 0 Å². The van der Waals surface area contributed by atoms with Crippen LogP contribution >= 0.6 is 0 Å². The van der Waals surface area contributed by atoms with Crippen molar-refractivity contribution >= 4 is 23.5 Å². The minimum absolute atomic E-state index is 0.0579. The van der Waals surface area contributed by atoms with Crippen molar-refractivity contribution in [3.63, 3.8) is 0 Å². The van der Waals surface area contributed by atoms with Crippen LogP contribution in [0.1, 0.15) is 43.6 Å². The summed E-state index contributed by atoms with van der Waals surface area (Å²) in [6, 6.07) is 5.79. The lowest BCUT2D eigenvalue weighted by atomic mass is 9.97. The lowest BCUT2D eigenvalue weighted by Crippen LogP contribution is -2.43. The maximum Gasteiger partial charge on any atom is 0.393 e. The van der Waals surface area contributed by atoms with Gasteiger partial charge >= 0.3 is 12.2 Å². The van der Waals surface area contributed by atoms with Crippen molar-refractivity contribution in [2.45, 2.75) is 50.2 Å². The molecule has 1 saturated carbocycles. The fourth-order valence-electron chi connectivity index (χ4n) is 5.20. The van der Waals surface area contributed by atoms with Crippen LogP contribution in [-0.2, 0) is 0 Å². The number of halogens is 4. The molecule has 170 valence electrons. The second-order valence-corrected chi connectivity index (χ2v) is 8.68. The number of urea groups is 1. The number of hydrogen-bond donors (Lipinski definition) is 1. The van der Waals surface area contributed by atoms with E-state index in [0.717, 1.165) is 31.0 Å². The van der Waals surface area contributed by atoms with Crippen molar-refractivity contribution in [3.8, 4) is 0 Å². The highest BCUT2D eigenvalue weighted by Gasteiger charge is 2.46. The number of hydrogen-bond acceptors (Lipinski definition) is 4. The van der Waals surface area contributed by atoms with E-state index in [2.05, 4.69) is 15.3 Å². The molecule has 2 aromatic rings. The van der Waals surface area contributed by atoms with Crippen molar-refractivity contribution in [1.29, 1.82) is 0 Å². The average Bonchev–Trinajstić information content (AvgIpc) is 3.35. The Balaban J connectivity index is 1.43. The van der Waals surface area contributed by atoms with Gasteiger partial charge in [-0.1, -0.05) is 12.5 Å². The first-order valence-electron chi connectivity index (χ1n) is 10.9. The topological polar surface area (TPSA) is 61.4 Å². The molecule has 2 amide bonds. The van der Waals surface area contributed by atoms with Gasteiger partial charge in [-0.05, 0) is 43.9 Å². The molecule has 4 heterocycles. The Morgan fingerprint density at radius 2 is 1.94 bits per heavy atom. The fourth-order valence-corrected chi connectivity index (χ4v) is 5.20. The lowest BCUT2D eigenvalue weighted by molar-refractivity contribution is -0.176. The van der Waals surface area contributed by atoms with E-state index in [4.69, 9.17) is 0 Å². The molecule has 1 saturated heterocycles. The third kappa shape index (κ3) is 3.75. The molecule has 0 aromatic carbocycles. The number of rotatable bonds is 2. The van der Waals surface area contributed by atoms with E-state index in [0.29, 0.717) is 24.6 Å². The summed E-state index contributed by atoms with van der Waals surface area (Å²) >= 11 is 0. The first-order valence-corrected chi connectivity index (χ1v) is 10.9. The van der Waals surface area contributed by atoms with E-state index in [1.807, 2.05) is 6.07 Å². The van der Waals surface area contributed by atoms with Gasteiger partial charge in [0.1, 0.15) is 23.3 Å². The van der Waals surface area contributed by atoms with Crippen molar-refractivity contribution < 1.29 is 22.4 Å². The largest absolute Gasteiger partial charge is 0.393 e. The smallest absolute Gasteiger partial charge is 0.356 e. The van der Waals surface area contributed by atoms with E-state index < -0.39 is 23.9 Å². The van der Waals surface area contributed by atoms with Crippen molar-refractivity contribution in [1.82, 2.24) is 9.97 Å². The SMILES string of the molecule is O=C(Nc1ccc(F)cn1)N1c2nc(N3CCCC(C(F)(F)F)C3)ccc2C2CCCC21. The summed E-state index contributed by atoms with van der Waals surface area (Å²) in [6.45, 7) is 0.366. The van der Waals surface area contributed by atoms with Crippen LogP contribution in [0.3, 0.4) is 0 Å². The highest BCUT2D eigenvalue weighted by atomic mass is 19.4. The Hall–Kier alpha value is -2.91. The summed E-state index contributed by atoms with van der Waals surface area (Å²) in [6.07, 6.45) is 0.0746. The van der Waals surface area contributed by atoms with Gasteiger partial charge in [-0.25, -0.2) is 19.2 Å². The predicted molar refractivity (Wildman–Crippen MR) is 111 cm³/mol. The van der Waals surface area contributed by atoms with Crippen LogP contribution in [0.5, 0.6) is 0 Å². The quantitative estimate of drug-likeness (QED) is 0.650. The fraction of sp³-hybridized carbons (Fsp3) is 0.500. The Morgan fingerprint density at radius 3 is 2.69 bits per heavy atom. The maximum atomic E-state index is 13.3. The number of nitrogens with zero attached hydrogens (tertiary/aromatic N) is 4. The third-order valence-corrected chi connectivity index (χ3v) is 6.72. The molecule has 0 radical (unpaired) electrons. The molecule has 3 aliphatic rings. The maximum absolute atomic E-state index is 13.3. The van der Waals surface area contributed by atoms with E-state index >= 15 is 0 Å². The molecule has 0 bridgehead atoms. The highest BCUT2D eigenvalue weighted by molar-refractivity contribution is 6.03. The van der Waals surface area contributed by atoms with E-state index in [1.54, 1.807) is 15.9 Å². The summed E-state index contributed by atoms with van der Waals surface area (Å²) in [5.41, 5.74) is 0.947. The van der Waals surface area contributed by atoms with Crippen molar-refractivity contribution in [2.75, 3.05) is 28.2 Å². The van der Waals surface area contributed by atoms with Gasteiger partial charge in [0.05, 0.1) is 12.1 Å². The molecule has 32 heavy (non-hydrogen) atoms. The number of nitrogens with one attached hydrogen (secondary N) is 1. The molecule has 2 aliphatic heterocycles. The Morgan fingerprint density at radius 1 is 1.09 bits per heavy atom. The van der Waals surface area contributed by atoms with Crippen LogP contribution in [0.15, 0.2) is 30.5 Å². The molecule has 0 spiro atoms. The Labute approximate surface area is 182 Å². The number of carbonyl (C=O) groups excluding carboxylic acids is 1. The molecule has 5 rings (SSSR count). The Kier molecular flexibility index (Phi) is 5.17. The van der Waals surface area contributed by atoms with Crippen molar-refractivity contribution in [3.05, 3.63) is 41.8 Å². The number of aromatic nitrogens is 2. The summed E-state index contributed by atoms with van der Waals surface area (Å²) in [7, 11) is 0. The number of piperidine rings is 1. The van der Waals surface area contributed by atoms with Gasteiger partial charge in [0.15, 0.2) is 0 Å². The molecule has 2 aromatic heterocycles. The van der Waals surface area contributed by atoms with Crippen LogP contribution in [0, 0.1) is 11.7 Å². The van der Waals surface area contributed by atoms with Crippen molar-refractivity contribution in [2.24, 2.45) is 5.92 Å². The summed E-state index contributed by atoms with van der Waals surface area (Å²) in [4.78, 5) is 25.0. The van der Waals surface area contributed by atoms with Crippen LogP contribution in [-0.4, -0.2) is 41.3 Å². The van der Waals surface area contributed by atoms with Gasteiger partial charge in [-0.3, -0.25) is 10.2 Å². The number of carbonyl (C=O) groups is 1. The predicted octanol–water partition coefficient (Wildman–Crippen LogP) is 5.08. The molecule has 3 atom stereocenters. The number of alkyl halides is 3. The van der Waals surface area contributed by atoms with Gasteiger partial charge in [-0.15, -0.1) is 0 Å². The van der Waals surface area contributed by atoms with Gasteiger partial charge in [0.25, 0.3) is 0 Å². The summed E-state index contributed by atoms with van der Waals surface area (Å²) < 4.78 is 53.0. The second kappa shape index (κ2) is 7.90. The van der Waals surface area contributed by atoms with E-state index in [1.165, 1.54) is 12.1 Å².